The number of benzene rings is 1. The zero-order valence-electron chi connectivity index (χ0n) is 14.0. The molecular formula is C18H29N3O. The third-order valence-electron chi connectivity index (χ3n) is 4.61. The van der Waals surface area contributed by atoms with Gasteiger partial charge in [0.2, 0.25) is 5.91 Å². The van der Waals surface area contributed by atoms with Crippen LogP contribution in [0.25, 0.3) is 0 Å². The van der Waals surface area contributed by atoms with Gasteiger partial charge in [0, 0.05) is 25.6 Å². The first-order valence-electron chi connectivity index (χ1n) is 8.29. The van der Waals surface area contributed by atoms with Crippen LogP contribution in [-0.4, -0.2) is 43.0 Å². The highest BCUT2D eigenvalue weighted by atomic mass is 16.2. The molecule has 3 atom stereocenters. The van der Waals surface area contributed by atoms with Crippen LogP contribution in [0.15, 0.2) is 30.3 Å². The first-order valence-corrected chi connectivity index (χ1v) is 8.29. The standard InChI is InChI=1S/C18H29N3O/c1-13(2)10-20-18(22)14(3)21-11-16(9-19)17(12-21)15-7-5-4-6-8-15/h4-8,13-14,16-17H,9-12,19H2,1-3H3,(H,20,22)/t14?,16-,17+/m1/s1. The van der Waals surface area contributed by atoms with Crippen molar-refractivity contribution in [1.82, 2.24) is 10.2 Å². The van der Waals surface area contributed by atoms with E-state index in [4.69, 9.17) is 5.73 Å². The third kappa shape index (κ3) is 4.08. The fourth-order valence-electron chi connectivity index (χ4n) is 3.16. The van der Waals surface area contributed by atoms with E-state index >= 15 is 0 Å². The van der Waals surface area contributed by atoms with Gasteiger partial charge in [-0.3, -0.25) is 9.69 Å². The van der Waals surface area contributed by atoms with Crippen LogP contribution in [0.2, 0.25) is 0 Å². The first-order chi connectivity index (χ1) is 10.5. The van der Waals surface area contributed by atoms with Crippen molar-refractivity contribution in [3.8, 4) is 0 Å². The van der Waals surface area contributed by atoms with Crippen molar-refractivity contribution in [3.63, 3.8) is 0 Å². The zero-order valence-corrected chi connectivity index (χ0v) is 14.0. The molecule has 1 unspecified atom stereocenters. The summed E-state index contributed by atoms with van der Waals surface area (Å²) >= 11 is 0. The first kappa shape index (κ1) is 17.0. The fraction of sp³-hybridized carbons (Fsp3) is 0.611. The summed E-state index contributed by atoms with van der Waals surface area (Å²) in [5.74, 6) is 1.44. The molecule has 4 heteroatoms. The minimum Gasteiger partial charge on any atom is -0.354 e. The van der Waals surface area contributed by atoms with E-state index in [1.165, 1.54) is 5.56 Å². The Morgan fingerprint density at radius 2 is 1.95 bits per heavy atom. The van der Waals surface area contributed by atoms with Crippen molar-refractivity contribution in [3.05, 3.63) is 35.9 Å². The molecule has 0 bridgehead atoms. The van der Waals surface area contributed by atoms with Crippen LogP contribution in [0, 0.1) is 11.8 Å². The molecule has 1 aliphatic rings. The highest BCUT2D eigenvalue weighted by Crippen LogP contribution is 2.33. The van der Waals surface area contributed by atoms with Crippen molar-refractivity contribution >= 4 is 5.91 Å². The molecule has 1 aliphatic heterocycles. The normalized spacial score (nSPS) is 23.7. The summed E-state index contributed by atoms with van der Waals surface area (Å²) in [6, 6.07) is 10.4. The molecule has 1 fully saturated rings. The van der Waals surface area contributed by atoms with E-state index in [1.54, 1.807) is 0 Å². The maximum absolute atomic E-state index is 12.3. The predicted molar refractivity (Wildman–Crippen MR) is 90.6 cm³/mol. The molecule has 0 aromatic heterocycles. The Morgan fingerprint density at radius 3 is 2.55 bits per heavy atom. The third-order valence-corrected chi connectivity index (χ3v) is 4.61. The number of rotatable bonds is 6. The molecule has 1 aromatic carbocycles. The summed E-state index contributed by atoms with van der Waals surface area (Å²) in [5, 5.41) is 3.03. The van der Waals surface area contributed by atoms with Crippen LogP contribution in [0.1, 0.15) is 32.3 Å². The van der Waals surface area contributed by atoms with Crippen molar-refractivity contribution in [1.29, 1.82) is 0 Å². The van der Waals surface area contributed by atoms with Crippen LogP contribution < -0.4 is 11.1 Å². The summed E-state index contributed by atoms with van der Waals surface area (Å²) < 4.78 is 0. The number of amides is 1. The molecule has 0 saturated carbocycles. The molecule has 1 aromatic rings. The molecule has 0 aliphatic carbocycles. The maximum Gasteiger partial charge on any atom is 0.237 e. The van der Waals surface area contributed by atoms with Crippen molar-refractivity contribution < 1.29 is 4.79 Å². The van der Waals surface area contributed by atoms with E-state index in [1.807, 2.05) is 13.0 Å². The summed E-state index contributed by atoms with van der Waals surface area (Å²) in [5.41, 5.74) is 7.30. The highest BCUT2D eigenvalue weighted by molar-refractivity contribution is 5.81. The maximum atomic E-state index is 12.3. The Kier molecular flexibility index (Phi) is 5.98. The van der Waals surface area contributed by atoms with E-state index in [0.717, 1.165) is 19.6 Å². The summed E-state index contributed by atoms with van der Waals surface area (Å²) in [7, 11) is 0. The van der Waals surface area contributed by atoms with Crippen LogP contribution in [-0.2, 0) is 4.79 Å². The van der Waals surface area contributed by atoms with Gasteiger partial charge in [-0.25, -0.2) is 0 Å². The smallest absolute Gasteiger partial charge is 0.237 e. The Labute approximate surface area is 134 Å². The number of carbonyl (C=O) groups is 1. The fourth-order valence-corrected chi connectivity index (χ4v) is 3.16. The van der Waals surface area contributed by atoms with Crippen LogP contribution in [0.4, 0.5) is 0 Å². The number of hydrogen-bond acceptors (Lipinski definition) is 3. The van der Waals surface area contributed by atoms with Crippen molar-refractivity contribution in [2.24, 2.45) is 17.6 Å². The van der Waals surface area contributed by atoms with E-state index in [9.17, 15) is 4.79 Å². The average Bonchev–Trinajstić information content (AvgIpc) is 2.96. The summed E-state index contributed by atoms with van der Waals surface area (Å²) in [6.07, 6.45) is 0. The zero-order chi connectivity index (χ0) is 16.1. The number of nitrogens with two attached hydrogens (primary N) is 1. The van der Waals surface area contributed by atoms with Gasteiger partial charge in [0.05, 0.1) is 6.04 Å². The van der Waals surface area contributed by atoms with Gasteiger partial charge in [-0.15, -0.1) is 0 Å². The minimum atomic E-state index is -0.0958. The van der Waals surface area contributed by atoms with Crippen LogP contribution in [0.5, 0.6) is 0 Å². The number of likely N-dealkylation sites (tertiary alicyclic amines) is 1. The molecular weight excluding hydrogens is 274 g/mol. The lowest BCUT2D eigenvalue weighted by Crippen LogP contribution is -2.45. The lowest BCUT2D eigenvalue weighted by molar-refractivity contribution is -0.125. The molecule has 22 heavy (non-hydrogen) atoms. The van der Waals surface area contributed by atoms with E-state index in [-0.39, 0.29) is 11.9 Å². The number of nitrogens with one attached hydrogen (secondary N) is 1. The Hall–Kier alpha value is -1.39. The Balaban J connectivity index is 2.00. The second-order valence-corrected chi connectivity index (χ2v) is 6.78. The van der Waals surface area contributed by atoms with E-state index < -0.39 is 0 Å². The van der Waals surface area contributed by atoms with Gasteiger partial charge in [0.1, 0.15) is 0 Å². The summed E-state index contributed by atoms with van der Waals surface area (Å²) in [4.78, 5) is 14.6. The molecule has 1 heterocycles. The molecule has 3 N–H and O–H groups in total. The van der Waals surface area contributed by atoms with Gasteiger partial charge in [-0.05, 0) is 30.9 Å². The molecule has 4 nitrogen and oxygen atoms in total. The topological polar surface area (TPSA) is 58.4 Å². The monoisotopic (exact) mass is 303 g/mol. The number of nitrogens with zero attached hydrogens (tertiary/aromatic N) is 1. The second kappa shape index (κ2) is 7.75. The molecule has 0 radical (unpaired) electrons. The van der Waals surface area contributed by atoms with Gasteiger partial charge in [0.25, 0.3) is 0 Å². The van der Waals surface area contributed by atoms with Gasteiger partial charge in [0.15, 0.2) is 0 Å². The molecule has 1 saturated heterocycles. The number of carbonyl (C=O) groups excluding carboxylic acids is 1. The lowest BCUT2D eigenvalue weighted by atomic mass is 9.89. The minimum absolute atomic E-state index is 0.0958. The van der Waals surface area contributed by atoms with Gasteiger partial charge in [-0.1, -0.05) is 44.2 Å². The summed E-state index contributed by atoms with van der Waals surface area (Å²) in [6.45, 7) is 9.41. The average molecular weight is 303 g/mol. The Morgan fingerprint density at radius 1 is 1.27 bits per heavy atom. The van der Waals surface area contributed by atoms with Crippen molar-refractivity contribution in [2.75, 3.05) is 26.2 Å². The van der Waals surface area contributed by atoms with E-state index in [0.29, 0.717) is 24.3 Å². The second-order valence-electron chi connectivity index (χ2n) is 6.78. The van der Waals surface area contributed by atoms with Crippen molar-refractivity contribution in [2.45, 2.75) is 32.7 Å². The molecule has 1 amide bonds. The van der Waals surface area contributed by atoms with Crippen LogP contribution in [0.3, 0.4) is 0 Å². The predicted octanol–water partition coefficient (Wildman–Crippen LogP) is 1.82. The van der Waals surface area contributed by atoms with Gasteiger partial charge in [-0.2, -0.15) is 0 Å². The largest absolute Gasteiger partial charge is 0.354 e. The van der Waals surface area contributed by atoms with Crippen LogP contribution >= 0.6 is 0 Å². The quantitative estimate of drug-likeness (QED) is 0.843. The molecule has 2 rings (SSSR count). The molecule has 122 valence electrons. The van der Waals surface area contributed by atoms with E-state index in [2.05, 4.69) is 48.3 Å². The number of hydrogen-bond donors (Lipinski definition) is 2. The van der Waals surface area contributed by atoms with Gasteiger partial charge < -0.3 is 11.1 Å². The van der Waals surface area contributed by atoms with Gasteiger partial charge >= 0.3 is 0 Å². The molecule has 0 spiro atoms. The Bertz CT molecular complexity index is 474. The highest BCUT2D eigenvalue weighted by Gasteiger charge is 2.36. The SMILES string of the molecule is CC(C)CNC(=O)C(C)N1C[C@@H](CN)[C@H](c2ccccc2)C1. The lowest BCUT2D eigenvalue weighted by Gasteiger charge is -2.24.